The number of rotatable bonds is 6. The molecule has 158 valence electrons. The van der Waals surface area contributed by atoms with Gasteiger partial charge in [-0.15, -0.1) is 0 Å². The van der Waals surface area contributed by atoms with Crippen LogP contribution in [0, 0.1) is 0 Å². The van der Waals surface area contributed by atoms with E-state index in [-0.39, 0.29) is 96.1 Å². The normalized spacial score (nSPS) is 10.9. The Morgan fingerprint density at radius 2 is 1.81 bits per heavy atom. The number of hydrogen-bond acceptors (Lipinski definition) is 9. The van der Waals surface area contributed by atoms with E-state index in [0.717, 1.165) is 12.1 Å². The molecular formula is C17H9Cl2NNa2O8S2. The fourth-order valence-corrected chi connectivity index (χ4v) is 4.01. The minimum Gasteiger partial charge on any atom is -0.744 e. The molecule has 0 aromatic heterocycles. The maximum absolute atomic E-state index is 12.7. The van der Waals surface area contributed by atoms with Crippen LogP contribution in [0.15, 0.2) is 52.3 Å². The summed E-state index contributed by atoms with van der Waals surface area (Å²) < 4.78 is 38.3. The summed E-state index contributed by atoms with van der Waals surface area (Å²) in [6, 6.07) is 8.82. The zero-order valence-electron chi connectivity index (χ0n) is 16.4. The molecule has 0 aliphatic carbocycles. The van der Waals surface area contributed by atoms with Gasteiger partial charge in [0.05, 0.1) is 38.2 Å². The molecule has 3 aromatic carbocycles. The number of nitrogens with one attached hydrogen (secondary N) is 1. The van der Waals surface area contributed by atoms with Gasteiger partial charge in [0.15, 0.2) is 0 Å². The Labute approximate surface area is 240 Å². The van der Waals surface area contributed by atoms with E-state index < -0.39 is 26.7 Å². The smallest absolute Gasteiger partial charge is 0.744 e. The number of amides is 1. The Morgan fingerprint density at radius 3 is 2.44 bits per heavy atom. The van der Waals surface area contributed by atoms with E-state index in [1.165, 1.54) is 30.3 Å². The van der Waals surface area contributed by atoms with Gasteiger partial charge in [0.2, 0.25) is 0 Å². The first-order chi connectivity index (χ1) is 14.1. The third-order valence-electron chi connectivity index (χ3n) is 3.87. The van der Waals surface area contributed by atoms with Gasteiger partial charge in [-0.05, 0) is 41.8 Å². The summed E-state index contributed by atoms with van der Waals surface area (Å²) in [6.45, 7) is 0. The van der Waals surface area contributed by atoms with Crippen LogP contribution in [0.4, 0.5) is 5.69 Å². The number of halogens is 2. The van der Waals surface area contributed by atoms with Gasteiger partial charge < -0.3 is 20.2 Å². The van der Waals surface area contributed by atoms with Gasteiger partial charge in [-0.2, -0.15) is 4.33 Å². The van der Waals surface area contributed by atoms with Crippen molar-refractivity contribution in [2.24, 2.45) is 0 Å². The van der Waals surface area contributed by atoms with Crippen molar-refractivity contribution in [3.63, 3.8) is 0 Å². The van der Waals surface area contributed by atoms with Gasteiger partial charge in [-0.3, -0.25) is 9.83 Å². The molecule has 0 aliphatic heterocycles. The van der Waals surface area contributed by atoms with Gasteiger partial charge in [0, 0.05) is 10.3 Å². The molecule has 0 heterocycles. The van der Waals surface area contributed by atoms with E-state index in [1.807, 2.05) is 0 Å². The number of anilines is 1. The molecule has 0 aliphatic rings. The molecule has 3 rings (SSSR count). The van der Waals surface area contributed by atoms with Crippen molar-refractivity contribution in [3.05, 3.63) is 58.1 Å². The van der Waals surface area contributed by atoms with Crippen molar-refractivity contribution in [2.45, 2.75) is 9.79 Å². The maximum Gasteiger partial charge on any atom is 1.00 e. The average molecular weight is 536 g/mol. The van der Waals surface area contributed by atoms with Crippen molar-refractivity contribution in [2.75, 3.05) is 5.32 Å². The van der Waals surface area contributed by atoms with Crippen LogP contribution in [0.1, 0.15) is 10.4 Å². The van der Waals surface area contributed by atoms with Crippen LogP contribution in [0.3, 0.4) is 0 Å². The zero-order chi connectivity index (χ0) is 22.1. The molecule has 0 fully saturated rings. The second-order valence-electron chi connectivity index (χ2n) is 5.74. The van der Waals surface area contributed by atoms with Crippen LogP contribution < -0.4 is 69.7 Å². The summed E-state index contributed by atoms with van der Waals surface area (Å²) in [5.41, 5.74) is 0.0469. The predicted molar refractivity (Wildman–Crippen MR) is 106 cm³/mol. The molecule has 2 N–H and O–H groups in total. The topological polar surface area (TPSA) is 148 Å². The minimum absolute atomic E-state index is 0. The molecule has 0 unspecified atom stereocenters. The summed E-state index contributed by atoms with van der Waals surface area (Å²) in [5.74, 6) is -1.26. The van der Waals surface area contributed by atoms with Crippen LogP contribution in [0.2, 0.25) is 10.0 Å². The number of phenols is 1. The van der Waals surface area contributed by atoms with Crippen molar-refractivity contribution >= 4 is 67.7 Å². The summed E-state index contributed by atoms with van der Waals surface area (Å²) in [7, 11) is -4.88. The van der Waals surface area contributed by atoms with Gasteiger partial charge >= 0.3 is 59.1 Å². The van der Waals surface area contributed by atoms with Gasteiger partial charge in [0.1, 0.15) is 15.9 Å². The molecule has 0 saturated heterocycles. The third-order valence-corrected chi connectivity index (χ3v) is 6.05. The minimum atomic E-state index is -4.88. The Bertz CT molecular complexity index is 1260. The largest absolute Gasteiger partial charge is 1.00 e. The summed E-state index contributed by atoms with van der Waals surface area (Å²) in [6.07, 6.45) is 0. The molecule has 0 spiro atoms. The number of benzene rings is 3. The Kier molecular flexibility index (Phi) is 11.8. The summed E-state index contributed by atoms with van der Waals surface area (Å²) >= 11 is 12.4. The second kappa shape index (κ2) is 12.6. The molecule has 32 heavy (non-hydrogen) atoms. The molecule has 0 radical (unpaired) electrons. The Balaban J connectivity index is 0.00000256. The standard InChI is InChI=1S/C17H11Cl2NO8S2.2Na/c18-12-3-1-2-11(16(12)19)17(22)20-13-6-9(29-28-27-23)4-8-5-10(30(24,25)26)7-14(21)15(8)13;;/h1-7,21,23H,(H,20,22)(H,24,25,26);;/q;2*+1/p-2. The van der Waals surface area contributed by atoms with Crippen LogP contribution >= 0.6 is 35.2 Å². The van der Waals surface area contributed by atoms with E-state index in [2.05, 4.69) is 14.7 Å². The molecule has 9 nitrogen and oxygen atoms in total. The summed E-state index contributed by atoms with van der Waals surface area (Å²) in [5, 5.41) is 26.5. The van der Waals surface area contributed by atoms with Gasteiger partial charge in [0.25, 0.3) is 5.91 Å². The van der Waals surface area contributed by atoms with Crippen LogP contribution in [0.25, 0.3) is 10.8 Å². The van der Waals surface area contributed by atoms with E-state index in [9.17, 15) is 28.1 Å². The van der Waals surface area contributed by atoms with Crippen LogP contribution in [-0.4, -0.2) is 24.0 Å². The second-order valence-corrected chi connectivity index (χ2v) is 8.68. The first-order valence-corrected chi connectivity index (χ1v) is 10.7. The Hall–Kier alpha value is -0.0900. The van der Waals surface area contributed by atoms with E-state index in [1.54, 1.807) is 0 Å². The molecule has 0 atom stereocenters. The monoisotopic (exact) mass is 535 g/mol. The van der Waals surface area contributed by atoms with E-state index in [0.29, 0.717) is 12.0 Å². The number of carbonyl (C=O) groups is 1. The van der Waals surface area contributed by atoms with E-state index >= 15 is 0 Å². The summed E-state index contributed by atoms with van der Waals surface area (Å²) in [4.78, 5) is 12.2. The first kappa shape index (κ1) is 29.9. The molecule has 0 bridgehead atoms. The molecular weight excluding hydrogens is 527 g/mol. The van der Waals surface area contributed by atoms with E-state index in [4.69, 9.17) is 23.2 Å². The van der Waals surface area contributed by atoms with Crippen molar-refractivity contribution in [3.8, 4) is 5.75 Å². The number of carbonyl (C=O) groups excluding carboxylic acids is 1. The average Bonchev–Trinajstić information content (AvgIpc) is 2.67. The number of phenolic OH excluding ortho intramolecular Hbond substituents is 1. The first-order valence-electron chi connectivity index (χ1n) is 7.77. The zero-order valence-corrected chi connectivity index (χ0v) is 23.6. The quantitative estimate of drug-likeness (QED) is 0.113. The predicted octanol–water partition coefficient (Wildman–Crippen LogP) is -2.75. The van der Waals surface area contributed by atoms with Crippen molar-refractivity contribution in [1.29, 1.82) is 0 Å². The molecule has 3 aromatic rings. The Morgan fingerprint density at radius 1 is 1.12 bits per heavy atom. The fraction of sp³-hybridized carbons (Fsp3) is 0. The van der Waals surface area contributed by atoms with Crippen molar-refractivity contribution < 1.29 is 96.6 Å². The SMILES string of the molecule is O=C(Nc1cc(SOO[O-])cc2cc(S(=O)(=O)[O-])cc(O)c12)c1cccc(Cl)c1Cl.[Na+].[Na+]. The fourth-order valence-electron chi connectivity index (χ4n) is 2.65. The molecule has 0 saturated carbocycles. The maximum atomic E-state index is 12.7. The molecule has 1 amide bonds. The van der Waals surface area contributed by atoms with Gasteiger partial charge in [-0.25, -0.2) is 8.42 Å². The van der Waals surface area contributed by atoms with Gasteiger partial charge in [-0.1, -0.05) is 29.3 Å². The van der Waals surface area contributed by atoms with Crippen LogP contribution in [0.5, 0.6) is 5.75 Å². The number of aromatic hydroxyl groups is 1. The molecule has 15 heteroatoms. The van der Waals surface area contributed by atoms with Crippen molar-refractivity contribution in [1.82, 2.24) is 0 Å². The number of hydrogen-bond donors (Lipinski definition) is 2. The third kappa shape index (κ3) is 6.96. The number of fused-ring (bicyclic) bond motifs is 1. The van der Waals surface area contributed by atoms with Crippen LogP contribution in [-0.2, 0) is 19.5 Å².